The first-order chi connectivity index (χ1) is 13.6. The van der Waals surface area contributed by atoms with Gasteiger partial charge in [-0.05, 0) is 42.2 Å². The number of rotatable bonds is 4. The second kappa shape index (κ2) is 9.63. The van der Waals surface area contributed by atoms with Crippen molar-refractivity contribution in [2.24, 2.45) is 16.8 Å². The highest BCUT2D eigenvalue weighted by Gasteiger charge is 2.15. The third kappa shape index (κ3) is 5.28. The standard InChI is InChI=1S/C15H14N4.C9H18/c1-3-16-15-18-8-12-5-4-11(7-14(12)19-15)13-6-10(2)17-9-13;1-3-9-6-4-8(2)5-7-9/h3-5,7-9H,1,6H2,2H3,(H,16,18,19);8-9H,3-7H2,1-2H3. The summed E-state index contributed by atoms with van der Waals surface area (Å²) in [4.78, 5) is 13.0. The van der Waals surface area contributed by atoms with Gasteiger partial charge in [0.25, 0.3) is 0 Å². The van der Waals surface area contributed by atoms with E-state index >= 15 is 0 Å². The molecule has 1 aliphatic heterocycles. The van der Waals surface area contributed by atoms with Crippen LogP contribution in [0.3, 0.4) is 0 Å². The van der Waals surface area contributed by atoms with E-state index in [-0.39, 0.29) is 0 Å². The number of benzene rings is 1. The molecule has 4 rings (SSSR count). The lowest BCUT2D eigenvalue weighted by Gasteiger charge is -2.24. The van der Waals surface area contributed by atoms with Crippen molar-refractivity contribution in [2.45, 2.75) is 59.3 Å². The first-order valence-electron chi connectivity index (χ1n) is 10.5. The highest BCUT2D eigenvalue weighted by molar-refractivity contribution is 5.97. The first-order valence-corrected chi connectivity index (χ1v) is 10.5. The maximum atomic E-state index is 4.46. The summed E-state index contributed by atoms with van der Waals surface area (Å²) >= 11 is 0. The normalized spacial score (nSPS) is 21.4. The van der Waals surface area contributed by atoms with Crippen molar-refractivity contribution in [3.8, 4) is 0 Å². The van der Waals surface area contributed by atoms with E-state index in [9.17, 15) is 0 Å². The Morgan fingerprint density at radius 3 is 2.64 bits per heavy atom. The Hall–Kier alpha value is -2.49. The fourth-order valence-corrected chi connectivity index (χ4v) is 3.85. The molecule has 1 fully saturated rings. The lowest BCUT2D eigenvalue weighted by Crippen LogP contribution is -2.10. The van der Waals surface area contributed by atoms with Gasteiger partial charge in [0.2, 0.25) is 5.95 Å². The van der Waals surface area contributed by atoms with Gasteiger partial charge < -0.3 is 5.32 Å². The van der Waals surface area contributed by atoms with E-state index in [0.717, 1.165) is 40.4 Å². The molecule has 0 atom stereocenters. The molecule has 0 spiro atoms. The first kappa shape index (κ1) is 20.2. The van der Waals surface area contributed by atoms with Crippen LogP contribution < -0.4 is 5.32 Å². The van der Waals surface area contributed by atoms with Gasteiger partial charge in [-0.3, -0.25) is 4.99 Å². The Balaban J connectivity index is 0.000000211. The molecule has 2 heterocycles. The molecule has 0 unspecified atom stereocenters. The average molecular weight is 377 g/mol. The van der Waals surface area contributed by atoms with Crippen molar-refractivity contribution in [1.29, 1.82) is 0 Å². The average Bonchev–Trinajstić information content (AvgIpc) is 3.15. The number of nitrogens with one attached hydrogen (secondary N) is 1. The largest absolute Gasteiger partial charge is 0.331 e. The van der Waals surface area contributed by atoms with Gasteiger partial charge in [-0.25, -0.2) is 9.97 Å². The highest BCUT2D eigenvalue weighted by Crippen LogP contribution is 2.29. The molecular formula is C24H32N4. The zero-order chi connectivity index (χ0) is 19.9. The van der Waals surface area contributed by atoms with Crippen LogP contribution in [0, 0.1) is 11.8 Å². The van der Waals surface area contributed by atoms with Crippen LogP contribution in [0.1, 0.15) is 64.9 Å². The molecule has 1 saturated carbocycles. The van der Waals surface area contributed by atoms with Gasteiger partial charge in [0.1, 0.15) is 0 Å². The van der Waals surface area contributed by atoms with Crippen molar-refractivity contribution >= 4 is 28.1 Å². The van der Waals surface area contributed by atoms with Crippen LogP contribution in [0.4, 0.5) is 5.95 Å². The minimum absolute atomic E-state index is 0.562. The van der Waals surface area contributed by atoms with Gasteiger partial charge in [0.05, 0.1) is 5.52 Å². The van der Waals surface area contributed by atoms with Gasteiger partial charge in [0.15, 0.2) is 0 Å². The lowest BCUT2D eigenvalue weighted by atomic mass is 9.82. The number of aliphatic imine (C=N–C) groups is 1. The molecular weight excluding hydrogens is 344 g/mol. The van der Waals surface area contributed by atoms with Gasteiger partial charge in [-0.1, -0.05) is 64.7 Å². The van der Waals surface area contributed by atoms with Gasteiger partial charge in [0, 0.05) is 29.9 Å². The number of nitrogens with zero attached hydrogens (tertiary/aromatic N) is 3. The predicted octanol–water partition coefficient (Wildman–Crippen LogP) is 6.61. The summed E-state index contributed by atoms with van der Waals surface area (Å²) in [6, 6.07) is 6.20. The summed E-state index contributed by atoms with van der Waals surface area (Å²) in [5, 5.41) is 3.92. The van der Waals surface area contributed by atoms with Crippen molar-refractivity contribution in [3.05, 3.63) is 48.9 Å². The quantitative estimate of drug-likeness (QED) is 0.653. The zero-order valence-corrected chi connectivity index (χ0v) is 17.4. The number of aromatic nitrogens is 2. The van der Waals surface area contributed by atoms with E-state index < -0.39 is 0 Å². The van der Waals surface area contributed by atoms with Gasteiger partial charge in [-0.15, -0.1) is 0 Å². The van der Waals surface area contributed by atoms with E-state index in [1.54, 1.807) is 6.20 Å². The summed E-state index contributed by atoms with van der Waals surface area (Å²) in [6.45, 7) is 10.4. The van der Waals surface area contributed by atoms with Crippen LogP contribution in [0.5, 0.6) is 0 Å². The Morgan fingerprint density at radius 2 is 2.00 bits per heavy atom. The van der Waals surface area contributed by atoms with Crippen molar-refractivity contribution in [2.75, 3.05) is 5.32 Å². The fraction of sp³-hybridized carbons (Fsp3) is 0.458. The molecule has 2 aromatic rings. The van der Waals surface area contributed by atoms with Crippen LogP contribution in [0.15, 0.2) is 48.4 Å². The smallest absolute Gasteiger partial charge is 0.227 e. The number of anilines is 1. The Morgan fingerprint density at radius 1 is 1.21 bits per heavy atom. The van der Waals surface area contributed by atoms with E-state index in [1.807, 2.05) is 25.4 Å². The molecule has 4 nitrogen and oxygen atoms in total. The Labute approximate surface area is 168 Å². The van der Waals surface area contributed by atoms with E-state index in [2.05, 4.69) is 52.8 Å². The lowest BCUT2D eigenvalue weighted by molar-refractivity contribution is 0.284. The summed E-state index contributed by atoms with van der Waals surface area (Å²) in [7, 11) is 0. The highest BCUT2D eigenvalue weighted by atomic mass is 15.1. The summed E-state index contributed by atoms with van der Waals surface area (Å²) in [5.41, 5.74) is 4.46. The maximum Gasteiger partial charge on any atom is 0.227 e. The van der Waals surface area contributed by atoms with Gasteiger partial charge >= 0.3 is 0 Å². The Kier molecular flexibility index (Phi) is 6.96. The van der Waals surface area contributed by atoms with Crippen LogP contribution in [0.2, 0.25) is 0 Å². The van der Waals surface area contributed by atoms with Crippen LogP contribution in [-0.2, 0) is 0 Å². The topological polar surface area (TPSA) is 50.2 Å². The number of hydrogen-bond acceptors (Lipinski definition) is 4. The van der Waals surface area contributed by atoms with Crippen molar-refractivity contribution < 1.29 is 0 Å². The number of hydrogen-bond donors (Lipinski definition) is 1. The van der Waals surface area contributed by atoms with Crippen LogP contribution in [0.25, 0.3) is 16.5 Å². The second-order valence-electron chi connectivity index (χ2n) is 8.05. The molecule has 0 saturated heterocycles. The third-order valence-corrected chi connectivity index (χ3v) is 5.78. The molecule has 1 N–H and O–H groups in total. The summed E-state index contributed by atoms with van der Waals surface area (Å²) < 4.78 is 0. The third-order valence-electron chi connectivity index (χ3n) is 5.78. The monoisotopic (exact) mass is 376 g/mol. The Bertz CT molecular complexity index is 873. The van der Waals surface area contributed by atoms with E-state index in [0.29, 0.717) is 5.95 Å². The molecule has 148 valence electrons. The predicted molar refractivity (Wildman–Crippen MR) is 120 cm³/mol. The molecule has 1 aromatic carbocycles. The van der Waals surface area contributed by atoms with Gasteiger partial charge in [-0.2, -0.15) is 0 Å². The second-order valence-corrected chi connectivity index (χ2v) is 8.05. The summed E-state index contributed by atoms with van der Waals surface area (Å²) in [6.07, 6.45) is 13.6. The summed E-state index contributed by atoms with van der Waals surface area (Å²) in [5.74, 6) is 2.65. The van der Waals surface area contributed by atoms with Crippen molar-refractivity contribution in [1.82, 2.24) is 9.97 Å². The molecule has 0 radical (unpaired) electrons. The molecule has 28 heavy (non-hydrogen) atoms. The molecule has 1 aromatic heterocycles. The molecule has 1 aliphatic carbocycles. The molecule has 4 heteroatoms. The SMILES string of the molecule is C=CNc1ncc2ccc(C3=CN=C(C)C3)cc2n1.CCC1CCC(C)CC1. The zero-order valence-electron chi connectivity index (χ0n) is 17.4. The number of fused-ring (bicyclic) bond motifs is 1. The molecule has 2 aliphatic rings. The van der Waals surface area contributed by atoms with Crippen molar-refractivity contribution in [3.63, 3.8) is 0 Å². The molecule has 0 amide bonds. The minimum atomic E-state index is 0.562. The minimum Gasteiger partial charge on any atom is -0.331 e. The van der Waals surface area contributed by atoms with Crippen LogP contribution in [-0.4, -0.2) is 15.7 Å². The fourth-order valence-electron chi connectivity index (χ4n) is 3.85. The van der Waals surface area contributed by atoms with E-state index in [4.69, 9.17) is 0 Å². The van der Waals surface area contributed by atoms with Crippen LogP contribution >= 0.6 is 0 Å². The van der Waals surface area contributed by atoms with E-state index in [1.165, 1.54) is 37.7 Å². The molecule has 0 bridgehead atoms. The number of allylic oxidation sites excluding steroid dienone is 1. The maximum absolute atomic E-state index is 4.46.